The molecular formula is C16H22N6O. The molecule has 0 amide bonds. The minimum atomic E-state index is -0.364. The second kappa shape index (κ2) is 8.15. The maximum atomic E-state index is 8.77. The van der Waals surface area contributed by atoms with Gasteiger partial charge in [0, 0.05) is 6.04 Å². The fourth-order valence-electron chi connectivity index (χ4n) is 2.44. The number of hydrazone groups is 1. The molecule has 1 unspecified atom stereocenters. The first-order valence-corrected chi connectivity index (χ1v) is 7.61. The van der Waals surface area contributed by atoms with Crippen LogP contribution in [0, 0.1) is 16.7 Å². The van der Waals surface area contributed by atoms with Gasteiger partial charge in [-0.2, -0.15) is 10.4 Å². The van der Waals surface area contributed by atoms with Crippen LogP contribution in [-0.4, -0.2) is 42.7 Å². The zero-order chi connectivity index (χ0) is 16.7. The van der Waals surface area contributed by atoms with Gasteiger partial charge in [-0.25, -0.2) is 0 Å². The maximum Gasteiger partial charge on any atom is 0.201 e. The summed E-state index contributed by atoms with van der Waals surface area (Å²) < 4.78 is 5.84. The van der Waals surface area contributed by atoms with Crippen molar-refractivity contribution < 1.29 is 4.74 Å². The first-order valence-electron chi connectivity index (χ1n) is 7.61. The average Bonchev–Trinajstić information content (AvgIpc) is 2.55. The molecule has 1 fully saturated rings. The summed E-state index contributed by atoms with van der Waals surface area (Å²) >= 11 is 0. The zero-order valence-electron chi connectivity index (χ0n) is 13.2. The lowest BCUT2D eigenvalue weighted by molar-refractivity contribution is 0.125. The van der Waals surface area contributed by atoms with Gasteiger partial charge in [0.25, 0.3) is 0 Å². The molecule has 1 aromatic carbocycles. The first kappa shape index (κ1) is 16.8. The van der Waals surface area contributed by atoms with Crippen LogP contribution in [0.4, 0.5) is 5.69 Å². The summed E-state index contributed by atoms with van der Waals surface area (Å²) in [4.78, 5) is 2.35. The Morgan fingerprint density at radius 2 is 2.22 bits per heavy atom. The van der Waals surface area contributed by atoms with Crippen LogP contribution in [0.5, 0.6) is 5.75 Å². The molecular weight excluding hydrogens is 292 g/mol. The van der Waals surface area contributed by atoms with Crippen LogP contribution < -0.4 is 15.9 Å². The first-order chi connectivity index (χ1) is 11.1. The van der Waals surface area contributed by atoms with Gasteiger partial charge in [-0.05, 0) is 50.7 Å². The van der Waals surface area contributed by atoms with Crippen LogP contribution >= 0.6 is 0 Å². The lowest BCUT2D eigenvalue weighted by Gasteiger charge is -2.32. The Morgan fingerprint density at radius 1 is 1.48 bits per heavy atom. The summed E-state index contributed by atoms with van der Waals surface area (Å²) in [5.74, 6) is 0.433. The number of nitrogens with one attached hydrogen (secondary N) is 2. The standard InChI is InChI=1S/C16H22N6O/c1-22-9-3-2-4-13(22)11-23-14-7-5-12(6-8-14)20-21-15(10-17)16(18)19/h5-8,13,20H,2-4,9,11H2,1H3,(H3,18,19)/b21-15+. The highest BCUT2D eigenvalue weighted by atomic mass is 16.5. The molecule has 0 aliphatic carbocycles. The summed E-state index contributed by atoms with van der Waals surface area (Å²) in [6.45, 7) is 1.82. The number of rotatable bonds is 6. The highest BCUT2D eigenvalue weighted by Crippen LogP contribution is 2.19. The predicted molar refractivity (Wildman–Crippen MR) is 90.8 cm³/mol. The van der Waals surface area contributed by atoms with E-state index in [2.05, 4.69) is 22.5 Å². The van der Waals surface area contributed by atoms with Crippen LogP contribution in [0.1, 0.15) is 19.3 Å². The van der Waals surface area contributed by atoms with Gasteiger partial charge in [-0.15, -0.1) is 0 Å². The van der Waals surface area contributed by atoms with Crippen LogP contribution in [-0.2, 0) is 0 Å². The van der Waals surface area contributed by atoms with Crippen LogP contribution in [0.3, 0.4) is 0 Å². The number of benzene rings is 1. The number of amidine groups is 1. The number of likely N-dealkylation sites (tertiary alicyclic amines) is 1. The van der Waals surface area contributed by atoms with Gasteiger partial charge < -0.3 is 15.4 Å². The molecule has 2 rings (SSSR count). The van der Waals surface area contributed by atoms with E-state index in [1.807, 2.05) is 12.1 Å². The van der Waals surface area contributed by atoms with Crippen molar-refractivity contribution in [1.29, 1.82) is 10.7 Å². The number of anilines is 1. The third-order valence-electron chi connectivity index (χ3n) is 3.88. The van der Waals surface area contributed by atoms with E-state index in [1.54, 1.807) is 18.2 Å². The third-order valence-corrected chi connectivity index (χ3v) is 3.88. The minimum absolute atomic E-state index is 0.148. The molecule has 7 nitrogen and oxygen atoms in total. The van der Waals surface area contributed by atoms with Crippen LogP contribution in [0.15, 0.2) is 29.4 Å². The summed E-state index contributed by atoms with van der Waals surface area (Å²) in [6.07, 6.45) is 3.70. The molecule has 0 radical (unpaired) electrons. The number of hydrogen-bond acceptors (Lipinski definition) is 6. The number of ether oxygens (including phenoxy) is 1. The molecule has 23 heavy (non-hydrogen) atoms. The molecule has 1 aromatic rings. The Bertz CT molecular complexity index is 604. The largest absolute Gasteiger partial charge is 0.492 e. The van der Waals surface area contributed by atoms with Gasteiger partial charge in [0.15, 0.2) is 5.84 Å². The Labute approximate surface area is 136 Å². The van der Waals surface area contributed by atoms with Crippen LogP contribution in [0.2, 0.25) is 0 Å². The molecule has 0 aromatic heterocycles. The molecule has 0 spiro atoms. The SMILES string of the molecule is CN1CCCCC1COc1ccc(N/N=C(\C#N)C(=N)N)cc1. The van der Waals surface area contributed by atoms with Crippen molar-refractivity contribution in [3.8, 4) is 11.8 Å². The number of likely N-dealkylation sites (N-methyl/N-ethyl adjacent to an activating group) is 1. The maximum absolute atomic E-state index is 8.77. The zero-order valence-corrected chi connectivity index (χ0v) is 13.2. The van der Waals surface area contributed by atoms with Gasteiger partial charge in [0.1, 0.15) is 18.4 Å². The lowest BCUT2D eigenvalue weighted by atomic mass is 10.0. The van der Waals surface area contributed by atoms with Crippen molar-refractivity contribution in [2.75, 3.05) is 25.6 Å². The summed E-state index contributed by atoms with van der Waals surface area (Å²) in [6, 6.07) is 9.53. The van der Waals surface area contributed by atoms with Crippen molar-refractivity contribution in [3.63, 3.8) is 0 Å². The Balaban J connectivity index is 1.87. The minimum Gasteiger partial charge on any atom is -0.492 e. The van der Waals surface area contributed by atoms with E-state index < -0.39 is 0 Å². The third kappa shape index (κ3) is 4.97. The van der Waals surface area contributed by atoms with E-state index in [1.165, 1.54) is 19.3 Å². The van der Waals surface area contributed by atoms with Crippen LogP contribution in [0.25, 0.3) is 0 Å². The summed E-state index contributed by atoms with van der Waals surface area (Å²) in [7, 11) is 2.14. The Hall–Kier alpha value is -2.59. The van der Waals surface area contributed by atoms with Crippen molar-refractivity contribution >= 4 is 17.2 Å². The van der Waals surface area contributed by atoms with E-state index in [0.29, 0.717) is 18.3 Å². The molecule has 122 valence electrons. The molecule has 1 saturated heterocycles. The van der Waals surface area contributed by atoms with Crippen molar-refractivity contribution in [2.24, 2.45) is 10.8 Å². The molecule has 7 heteroatoms. The van der Waals surface area contributed by atoms with Crippen molar-refractivity contribution in [2.45, 2.75) is 25.3 Å². The Morgan fingerprint density at radius 3 is 2.83 bits per heavy atom. The lowest BCUT2D eigenvalue weighted by Crippen LogP contribution is -2.40. The quantitative estimate of drug-likeness (QED) is 0.421. The number of nitriles is 1. The van der Waals surface area contributed by atoms with Gasteiger partial charge in [-0.1, -0.05) is 6.42 Å². The summed E-state index contributed by atoms with van der Waals surface area (Å²) in [5, 5.41) is 19.7. The molecule has 0 bridgehead atoms. The number of piperidine rings is 1. The summed E-state index contributed by atoms with van der Waals surface area (Å²) in [5.41, 5.74) is 8.47. The van der Waals surface area contributed by atoms with E-state index in [-0.39, 0.29) is 11.5 Å². The van der Waals surface area contributed by atoms with Gasteiger partial charge in [-0.3, -0.25) is 10.8 Å². The van der Waals surface area contributed by atoms with E-state index in [0.717, 1.165) is 12.3 Å². The van der Waals surface area contributed by atoms with Gasteiger partial charge >= 0.3 is 0 Å². The molecule has 1 aliphatic rings. The van der Waals surface area contributed by atoms with Gasteiger partial charge in [0.05, 0.1) is 5.69 Å². The molecule has 1 atom stereocenters. The highest BCUT2D eigenvalue weighted by Gasteiger charge is 2.19. The second-order valence-corrected chi connectivity index (χ2v) is 5.56. The fraction of sp³-hybridized carbons (Fsp3) is 0.438. The number of hydrogen-bond donors (Lipinski definition) is 3. The average molecular weight is 314 g/mol. The highest BCUT2D eigenvalue weighted by molar-refractivity contribution is 6.45. The second-order valence-electron chi connectivity index (χ2n) is 5.56. The number of nitrogens with two attached hydrogens (primary N) is 1. The number of nitrogens with zero attached hydrogens (tertiary/aromatic N) is 3. The predicted octanol–water partition coefficient (Wildman–Crippen LogP) is 1.78. The Kier molecular flexibility index (Phi) is 5.94. The molecule has 4 N–H and O–H groups in total. The normalized spacial score (nSPS) is 19.0. The van der Waals surface area contributed by atoms with Gasteiger partial charge in [0.2, 0.25) is 5.71 Å². The van der Waals surface area contributed by atoms with Crippen molar-refractivity contribution in [3.05, 3.63) is 24.3 Å². The van der Waals surface area contributed by atoms with E-state index in [4.69, 9.17) is 21.1 Å². The molecule has 0 saturated carbocycles. The molecule has 1 heterocycles. The van der Waals surface area contributed by atoms with E-state index >= 15 is 0 Å². The van der Waals surface area contributed by atoms with Crippen molar-refractivity contribution in [1.82, 2.24) is 4.90 Å². The smallest absolute Gasteiger partial charge is 0.201 e. The molecule has 1 aliphatic heterocycles. The topological polar surface area (TPSA) is 111 Å². The monoisotopic (exact) mass is 314 g/mol. The fourth-order valence-corrected chi connectivity index (χ4v) is 2.44. The van der Waals surface area contributed by atoms with E-state index in [9.17, 15) is 0 Å².